The van der Waals surface area contributed by atoms with E-state index < -0.39 is 0 Å². The second kappa shape index (κ2) is 5.06. The number of halogens is 1. The smallest absolute Gasteiger partial charge is 0.257 e. The maximum atomic E-state index is 12.2. The summed E-state index contributed by atoms with van der Waals surface area (Å²) in [4.78, 5) is 17.9. The third-order valence-electron chi connectivity index (χ3n) is 2.52. The summed E-state index contributed by atoms with van der Waals surface area (Å²) in [6.45, 7) is 3.71. The van der Waals surface area contributed by atoms with Gasteiger partial charge >= 0.3 is 0 Å². The predicted molar refractivity (Wildman–Crippen MR) is 67.1 cm³/mol. The molecule has 2 rings (SSSR count). The maximum absolute atomic E-state index is 12.2. The molecule has 0 aliphatic carbocycles. The monoisotopic (exact) mass is 256 g/mol. The number of thioether (sulfide) groups is 1. The van der Waals surface area contributed by atoms with Gasteiger partial charge in [-0.15, -0.1) is 0 Å². The number of rotatable bonds is 1. The van der Waals surface area contributed by atoms with Gasteiger partial charge in [-0.05, 0) is 12.1 Å². The molecule has 1 saturated heterocycles. The van der Waals surface area contributed by atoms with Gasteiger partial charge in [0.15, 0.2) is 0 Å². The fraction of sp³-hybridized carbons (Fsp3) is 0.455. The molecule has 86 valence electrons. The van der Waals surface area contributed by atoms with Crippen molar-refractivity contribution in [1.29, 1.82) is 0 Å². The van der Waals surface area contributed by atoms with E-state index >= 15 is 0 Å². The van der Waals surface area contributed by atoms with Crippen molar-refractivity contribution in [3.63, 3.8) is 0 Å². The summed E-state index contributed by atoms with van der Waals surface area (Å²) in [6, 6.07) is 3.46. The molecule has 2 heterocycles. The van der Waals surface area contributed by atoms with Gasteiger partial charge in [0, 0.05) is 30.3 Å². The Morgan fingerprint density at radius 3 is 3.19 bits per heavy atom. The van der Waals surface area contributed by atoms with E-state index in [-0.39, 0.29) is 5.91 Å². The minimum Gasteiger partial charge on any atom is -0.337 e. The molecule has 1 aromatic rings. The highest BCUT2D eigenvalue weighted by Crippen LogP contribution is 2.21. The van der Waals surface area contributed by atoms with Crippen molar-refractivity contribution in [2.75, 3.05) is 18.8 Å². The SMILES string of the molecule is CC1CN(C(=O)c2cccnc2Cl)CCS1. The summed E-state index contributed by atoms with van der Waals surface area (Å²) in [7, 11) is 0. The molecular formula is C11H13ClN2OS. The number of hydrogen-bond acceptors (Lipinski definition) is 3. The normalized spacial score (nSPS) is 20.9. The van der Waals surface area contributed by atoms with Gasteiger partial charge < -0.3 is 4.90 Å². The van der Waals surface area contributed by atoms with Gasteiger partial charge in [0.2, 0.25) is 0 Å². The topological polar surface area (TPSA) is 33.2 Å². The van der Waals surface area contributed by atoms with Gasteiger partial charge in [-0.3, -0.25) is 4.79 Å². The Labute approximate surface area is 104 Å². The summed E-state index contributed by atoms with van der Waals surface area (Å²) >= 11 is 7.81. The van der Waals surface area contributed by atoms with Gasteiger partial charge in [-0.1, -0.05) is 18.5 Å². The van der Waals surface area contributed by atoms with Crippen LogP contribution in [-0.4, -0.2) is 39.9 Å². The van der Waals surface area contributed by atoms with Crippen LogP contribution in [0.15, 0.2) is 18.3 Å². The van der Waals surface area contributed by atoms with E-state index in [1.165, 1.54) is 0 Å². The van der Waals surface area contributed by atoms with Crippen LogP contribution < -0.4 is 0 Å². The first-order valence-corrected chi connectivity index (χ1v) is 6.62. The van der Waals surface area contributed by atoms with Crippen molar-refractivity contribution >= 4 is 29.3 Å². The maximum Gasteiger partial charge on any atom is 0.257 e. The molecule has 0 saturated carbocycles. The number of pyridine rings is 1. The Bertz CT molecular complexity index is 399. The number of hydrogen-bond donors (Lipinski definition) is 0. The Hall–Kier alpha value is -0.740. The van der Waals surface area contributed by atoms with Crippen molar-refractivity contribution in [3.8, 4) is 0 Å². The zero-order valence-electron chi connectivity index (χ0n) is 9.02. The molecular weight excluding hydrogens is 244 g/mol. The molecule has 0 radical (unpaired) electrons. The van der Waals surface area contributed by atoms with Gasteiger partial charge in [0.1, 0.15) is 5.15 Å². The van der Waals surface area contributed by atoms with Crippen molar-refractivity contribution in [2.45, 2.75) is 12.2 Å². The first kappa shape index (κ1) is 11.7. The highest BCUT2D eigenvalue weighted by atomic mass is 35.5. The summed E-state index contributed by atoms with van der Waals surface area (Å²) in [5.41, 5.74) is 0.503. The lowest BCUT2D eigenvalue weighted by molar-refractivity contribution is 0.0763. The van der Waals surface area contributed by atoms with Crippen LogP contribution in [0, 0.1) is 0 Å². The lowest BCUT2D eigenvalue weighted by Gasteiger charge is -2.30. The first-order chi connectivity index (χ1) is 7.68. The van der Waals surface area contributed by atoms with Gasteiger partial charge in [-0.2, -0.15) is 11.8 Å². The third-order valence-corrected chi connectivity index (χ3v) is 3.96. The molecule has 1 aliphatic rings. The molecule has 1 unspecified atom stereocenters. The van der Waals surface area contributed by atoms with Crippen LogP contribution >= 0.6 is 23.4 Å². The molecule has 3 nitrogen and oxygen atoms in total. The fourth-order valence-corrected chi connectivity index (χ4v) is 2.93. The molecule has 16 heavy (non-hydrogen) atoms. The highest BCUT2D eigenvalue weighted by Gasteiger charge is 2.23. The van der Waals surface area contributed by atoms with Gasteiger partial charge in [-0.25, -0.2) is 4.98 Å². The van der Waals surface area contributed by atoms with Crippen LogP contribution in [0.5, 0.6) is 0 Å². The van der Waals surface area contributed by atoms with E-state index in [0.29, 0.717) is 16.0 Å². The summed E-state index contributed by atoms with van der Waals surface area (Å²) in [5, 5.41) is 0.784. The molecule has 0 aromatic carbocycles. The van der Waals surface area contributed by atoms with Crippen LogP contribution in [0.4, 0.5) is 0 Å². The number of carbonyl (C=O) groups is 1. The molecule has 5 heteroatoms. The molecule has 0 bridgehead atoms. The van der Waals surface area contributed by atoms with Crippen LogP contribution in [0.1, 0.15) is 17.3 Å². The van der Waals surface area contributed by atoms with E-state index in [1.54, 1.807) is 18.3 Å². The average molecular weight is 257 g/mol. The summed E-state index contributed by atoms with van der Waals surface area (Å²) in [6.07, 6.45) is 1.59. The van der Waals surface area contributed by atoms with Crippen LogP contribution in [0.2, 0.25) is 5.15 Å². The Balaban J connectivity index is 2.16. The third kappa shape index (κ3) is 2.50. The summed E-state index contributed by atoms with van der Waals surface area (Å²) < 4.78 is 0. The molecule has 1 aliphatic heterocycles. The minimum atomic E-state index is -0.00903. The lowest BCUT2D eigenvalue weighted by atomic mass is 10.2. The fourth-order valence-electron chi connectivity index (χ4n) is 1.72. The van der Waals surface area contributed by atoms with E-state index in [9.17, 15) is 4.79 Å². The Morgan fingerprint density at radius 2 is 2.50 bits per heavy atom. The largest absolute Gasteiger partial charge is 0.337 e. The lowest BCUT2D eigenvalue weighted by Crippen LogP contribution is -2.41. The van der Waals surface area contributed by atoms with Crippen LogP contribution in [0.3, 0.4) is 0 Å². The van der Waals surface area contributed by atoms with Crippen LogP contribution in [-0.2, 0) is 0 Å². The minimum absolute atomic E-state index is 0.00903. The molecule has 0 N–H and O–H groups in total. The number of carbonyl (C=O) groups excluding carboxylic acids is 1. The molecule has 1 aromatic heterocycles. The number of amides is 1. The summed E-state index contributed by atoms with van der Waals surface area (Å²) in [5.74, 6) is 0.982. The number of aromatic nitrogens is 1. The number of nitrogens with zero attached hydrogens (tertiary/aromatic N) is 2. The zero-order valence-corrected chi connectivity index (χ0v) is 10.6. The van der Waals surface area contributed by atoms with Gasteiger partial charge in [0.25, 0.3) is 5.91 Å². The molecule has 1 amide bonds. The quantitative estimate of drug-likeness (QED) is 0.723. The van der Waals surface area contributed by atoms with Crippen molar-refractivity contribution in [1.82, 2.24) is 9.88 Å². The highest BCUT2D eigenvalue weighted by molar-refractivity contribution is 7.99. The van der Waals surface area contributed by atoms with Crippen LogP contribution in [0.25, 0.3) is 0 Å². The van der Waals surface area contributed by atoms with E-state index in [2.05, 4.69) is 11.9 Å². The Kier molecular flexibility index (Phi) is 3.71. The predicted octanol–water partition coefficient (Wildman–Crippen LogP) is 2.31. The van der Waals surface area contributed by atoms with Crippen molar-refractivity contribution in [2.24, 2.45) is 0 Å². The van der Waals surface area contributed by atoms with E-state index in [0.717, 1.165) is 18.8 Å². The molecule has 0 spiro atoms. The Morgan fingerprint density at radius 1 is 1.69 bits per heavy atom. The molecule has 1 atom stereocenters. The van der Waals surface area contributed by atoms with E-state index in [1.807, 2.05) is 16.7 Å². The van der Waals surface area contributed by atoms with E-state index in [4.69, 9.17) is 11.6 Å². The zero-order chi connectivity index (χ0) is 11.5. The van der Waals surface area contributed by atoms with Crippen molar-refractivity contribution < 1.29 is 4.79 Å². The second-order valence-electron chi connectivity index (χ2n) is 3.77. The first-order valence-electron chi connectivity index (χ1n) is 5.20. The standard InChI is InChI=1S/C11H13ClN2OS/c1-8-7-14(5-6-16-8)11(15)9-3-2-4-13-10(9)12/h2-4,8H,5-7H2,1H3. The van der Waals surface area contributed by atoms with Gasteiger partial charge in [0.05, 0.1) is 5.56 Å². The second-order valence-corrected chi connectivity index (χ2v) is 5.68. The average Bonchev–Trinajstić information content (AvgIpc) is 2.29. The van der Waals surface area contributed by atoms with Crippen molar-refractivity contribution in [3.05, 3.63) is 29.0 Å². The molecule has 1 fully saturated rings.